The quantitative estimate of drug-likeness (QED) is 0.472. The summed E-state index contributed by atoms with van der Waals surface area (Å²) in [6.07, 6.45) is 1.27. The second-order valence-corrected chi connectivity index (χ2v) is 3.69. The number of rotatable bonds is 3. The standard InChI is InChI=1S/C10H10N6O3/c1-15-10(12-5-13-15)14-9(17)7-4-6(16(18)19)2-3-8(7)11/h2-5H,11H2,1H3,(H,12,13,14,17). The molecule has 1 aromatic heterocycles. The number of nitrogens with one attached hydrogen (secondary N) is 1. The number of non-ortho nitro benzene ring substituents is 1. The lowest BCUT2D eigenvalue weighted by molar-refractivity contribution is -0.384. The van der Waals surface area contributed by atoms with E-state index >= 15 is 0 Å². The first-order chi connectivity index (χ1) is 8.99. The number of aryl methyl sites for hydroxylation is 1. The summed E-state index contributed by atoms with van der Waals surface area (Å²) in [6.45, 7) is 0. The normalized spacial score (nSPS) is 10.2. The number of nitro benzene ring substituents is 1. The molecule has 1 amide bonds. The summed E-state index contributed by atoms with van der Waals surface area (Å²) in [6, 6.07) is 3.65. The topological polar surface area (TPSA) is 129 Å². The molecule has 1 heterocycles. The third-order valence-electron chi connectivity index (χ3n) is 2.43. The van der Waals surface area contributed by atoms with Gasteiger partial charge < -0.3 is 5.73 Å². The fraction of sp³-hybridized carbons (Fsp3) is 0.100. The molecule has 0 bridgehead atoms. The van der Waals surface area contributed by atoms with Crippen molar-refractivity contribution in [2.45, 2.75) is 0 Å². The summed E-state index contributed by atoms with van der Waals surface area (Å²) in [7, 11) is 1.60. The van der Waals surface area contributed by atoms with E-state index in [-0.39, 0.29) is 22.9 Å². The molecule has 0 aliphatic rings. The number of carbonyl (C=O) groups is 1. The van der Waals surface area contributed by atoms with Crippen molar-refractivity contribution in [1.82, 2.24) is 14.8 Å². The van der Waals surface area contributed by atoms with Crippen LogP contribution in [0.2, 0.25) is 0 Å². The Bertz CT molecular complexity index is 650. The molecule has 0 unspecified atom stereocenters. The van der Waals surface area contributed by atoms with E-state index in [2.05, 4.69) is 15.4 Å². The monoisotopic (exact) mass is 262 g/mol. The van der Waals surface area contributed by atoms with Crippen LogP contribution in [0.15, 0.2) is 24.5 Å². The van der Waals surface area contributed by atoms with Gasteiger partial charge in [-0.05, 0) is 6.07 Å². The highest BCUT2D eigenvalue weighted by Gasteiger charge is 2.16. The molecule has 2 rings (SSSR count). The van der Waals surface area contributed by atoms with Crippen LogP contribution in [-0.2, 0) is 7.05 Å². The lowest BCUT2D eigenvalue weighted by Gasteiger charge is -2.06. The fourth-order valence-corrected chi connectivity index (χ4v) is 1.43. The maximum absolute atomic E-state index is 12.0. The molecule has 1 aromatic carbocycles. The van der Waals surface area contributed by atoms with Gasteiger partial charge in [-0.2, -0.15) is 10.1 Å². The zero-order chi connectivity index (χ0) is 14.0. The van der Waals surface area contributed by atoms with Gasteiger partial charge in [-0.1, -0.05) is 0 Å². The van der Waals surface area contributed by atoms with E-state index in [9.17, 15) is 14.9 Å². The Hall–Kier alpha value is -2.97. The van der Waals surface area contributed by atoms with Crippen LogP contribution < -0.4 is 11.1 Å². The molecule has 0 saturated carbocycles. The molecule has 0 aliphatic heterocycles. The SMILES string of the molecule is Cn1ncnc1NC(=O)c1cc([N+](=O)[O-])ccc1N. The highest BCUT2D eigenvalue weighted by Crippen LogP contribution is 2.20. The van der Waals surface area contributed by atoms with Crippen molar-refractivity contribution in [2.75, 3.05) is 11.1 Å². The summed E-state index contributed by atoms with van der Waals surface area (Å²) < 4.78 is 1.35. The molecule has 0 radical (unpaired) electrons. The third kappa shape index (κ3) is 2.49. The first-order valence-electron chi connectivity index (χ1n) is 5.18. The molecule has 0 spiro atoms. The molecule has 3 N–H and O–H groups in total. The molecule has 0 saturated heterocycles. The first kappa shape index (κ1) is 12.5. The molecule has 0 atom stereocenters. The number of aromatic nitrogens is 3. The van der Waals surface area contributed by atoms with E-state index in [1.807, 2.05) is 0 Å². The van der Waals surface area contributed by atoms with Crippen molar-refractivity contribution in [1.29, 1.82) is 0 Å². The number of nitrogens with zero attached hydrogens (tertiary/aromatic N) is 4. The minimum atomic E-state index is -0.599. The maximum Gasteiger partial charge on any atom is 0.270 e. The predicted molar refractivity (Wildman–Crippen MR) is 66.5 cm³/mol. The highest BCUT2D eigenvalue weighted by atomic mass is 16.6. The van der Waals surface area contributed by atoms with Crippen LogP contribution in [0.1, 0.15) is 10.4 Å². The summed E-state index contributed by atoms with van der Waals surface area (Å²) in [5, 5.41) is 16.9. The van der Waals surface area contributed by atoms with Crippen molar-refractivity contribution in [3.63, 3.8) is 0 Å². The minimum Gasteiger partial charge on any atom is -0.398 e. The Balaban J connectivity index is 2.31. The van der Waals surface area contributed by atoms with Crippen LogP contribution in [0, 0.1) is 10.1 Å². The molecular weight excluding hydrogens is 252 g/mol. The number of nitro groups is 1. The molecule has 2 aromatic rings. The molecular formula is C10H10N6O3. The molecule has 98 valence electrons. The molecule has 9 nitrogen and oxygen atoms in total. The molecule has 19 heavy (non-hydrogen) atoms. The van der Waals surface area contributed by atoms with Crippen molar-refractivity contribution < 1.29 is 9.72 Å². The first-order valence-corrected chi connectivity index (χ1v) is 5.18. The number of amides is 1. The van der Waals surface area contributed by atoms with E-state index in [0.717, 1.165) is 6.07 Å². The van der Waals surface area contributed by atoms with Gasteiger partial charge in [-0.15, -0.1) is 0 Å². The van der Waals surface area contributed by atoms with Crippen molar-refractivity contribution in [2.24, 2.45) is 7.05 Å². The van der Waals surface area contributed by atoms with Gasteiger partial charge in [0, 0.05) is 24.9 Å². The van der Waals surface area contributed by atoms with E-state index in [1.165, 1.54) is 23.1 Å². The summed E-state index contributed by atoms with van der Waals surface area (Å²) >= 11 is 0. The average Bonchev–Trinajstić information content (AvgIpc) is 2.75. The number of hydrogen-bond acceptors (Lipinski definition) is 6. The second kappa shape index (κ2) is 4.72. The van der Waals surface area contributed by atoms with Crippen LogP contribution in [0.4, 0.5) is 17.3 Å². The predicted octanol–water partition coefficient (Wildman–Crippen LogP) is 0.558. The zero-order valence-corrected chi connectivity index (χ0v) is 9.90. The van der Waals surface area contributed by atoms with Crippen molar-refractivity contribution in [3.05, 3.63) is 40.2 Å². The summed E-state index contributed by atoms with van der Waals surface area (Å²) in [5.74, 6) is -0.367. The van der Waals surface area contributed by atoms with Gasteiger partial charge in [-0.3, -0.25) is 20.2 Å². The maximum atomic E-state index is 12.0. The number of hydrogen-bond donors (Lipinski definition) is 2. The van der Waals surface area contributed by atoms with E-state index in [4.69, 9.17) is 5.73 Å². The van der Waals surface area contributed by atoms with Crippen LogP contribution >= 0.6 is 0 Å². The number of anilines is 2. The Morgan fingerprint density at radius 3 is 2.84 bits per heavy atom. The van der Waals surface area contributed by atoms with E-state index < -0.39 is 10.8 Å². The average molecular weight is 262 g/mol. The van der Waals surface area contributed by atoms with E-state index in [0.29, 0.717) is 0 Å². The second-order valence-electron chi connectivity index (χ2n) is 3.69. The van der Waals surface area contributed by atoms with Crippen LogP contribution in [0.3, 0.4) is 0 Å². The number of benzene rings is 1. The van der Waals surface area contributed by atoms with Gasteiger partial charge in [0.05, 0.1) is 10.5 Å². The van der Waals surface area contributed by atoms with Gasteiger partial charge >= 0.3 is 0 Å². The highest BCUT2D eigenvalue weighted by molar-refractivity contribution is 6.07. The summed E-state index contributed by atoms with van der Waals surface area (Å²) in [4.78, 5) is 25.8. The smallest absolute Gasteiger partial charge is 0.270 e. The molecule has 0 aliphatic carbocycles. The number of nitrogens with two attached hydrogens (primary N) is 1. The van der Waals surface area contributed by atoms with Gasteiger partial charge in [-0.25, -0.2) is 4.68 Å². The van der Waals surface area contributed by atoms with Crippen molar-refractivity contribution in [3.8, 4) is 0 Å². The van der Waals surface area contributed by atoms with Crippen molar-refractivity contribution >= 4 is 23.2 Å². The largest absolute Gasteiger partial charge is 0.398 e. The fourth-order valence-electron chi connectivity index (χ4n) is 1.43. The van der Waals surface area contributed by atoms with Gasteiger partial charge in [0.1, 0.15) is 6.33 Å². The Morgan fingerprint density at radius 1 is 1.53 bits per heavy atom. The third-order valence-corrected chi connectivity index (χ3v) is 2.43. The minimum absolute atomic E-state index is 0.0113. The van der Waals surface area contributed by atoms with Crippen LogP contribution in [0.25, 0.3) is 0 Å². The Kier molecular flexibility index (Phi) is 3.10. The Morgan fingerprint density at radius 2 is 2.26 bits per heavy atom. The molecule has 0 fully saturated rings. The van der Waals surface area contributed by atoms with Crippen LogP contribution in [0.5, 0.6) is 0 Å². The van der Waals surface area contributed by atoms with Gasteiger partial charge in [0.15, 0.2) is 0 Å². The van der Waals surface area contributed by atoms with E-state index in [1.54, 1.807) is 7.05 Å². The van der Waals surface area contributed by atoms with Gasteiger partial charge in [0.25, 0.3) is 11.6 Å². The zero-order valence-electron chi connectivity index (χ0n) is 9.90. The number of nitrogen functional groups attached to an aromatic ring is 1. The molecule has 9 heteroatoms. The Labute approximate surface area is 107 Å². The van der Waals surface area contributed by atoms with Gasteiger partial charge in [0.2, 0.25) is 5.95 Å². The number of carbonyl (C=O) groups excluding carboxylic acids is 1. The van der Waals surface area contributed by atoms with Crippen LogP contribution in [-0.4, -0.2) is 25.6 Å². The summed E-state index contributed by atoms with van der Waals surface area (Å²) in [5.41, 5.74) is 5.58. The lowest BCUT2D eigenvalue weighted by Crippen LogP contribution is -2.17. The lowest BCUT2D eigenvalue weighted by atomic mass is 10.1.